The molecule has 0 N–H and O–H groups in total. The second-order valence-corrected chi connectivity index (χ2v) is 16.1. The van der Waals surface area contributed by atoms with E-state index >= 15 is 0 Å². The Morgan fingerprint density at radius 1 is 0.286 bits per heavy atom. The third kappa shape index (κ3) is 6.38. The highest BCUT2D eigenvalue weighted by Gasteiger charge is 2.18. The first kappa shape index (κ1) is 36.5. The van der Waals surface area contributed by atoms with Crippen LogP contribution in [0, 0.1) is 0 Å². The Kier molecular flexibility index (Phi) is 8.83. The zero-order chi connectivity index (χ0) is 41.7. The molecule has 2 heterocycles. The van der Waals surface area contributed by atoms with Crippen molar-refractivity contribution in [3.8, 4) is 50.2 Å². The van der Waals surface area contributed by atoms with Crippen LogP contribution < -0.4 is 4.90 Å². The number of benzene rings is 10. The summed E-state index contributed by atoms with van der Waals surface area (Å²) in [6.07, 6.45) is 0. The van der Waals surface area contributed by atoms with E-state index in [1.54, 1.807) is 0 Å². The molecule has 0 bridgehead atoms. The third-order valence-corrected chi connectivity index (χ3v) is 12.4. The number of furan rings is 1. The summed E-state index contributed by atoms with van der Waals surface area (Å²) in [5.41, 5.74) is 17.9. The molecule has 0 atom stereocenters. The molecular weight excluding hydrogens is 765 g/mol. The molecule has 0 saturated carbocycles. The Balaban J connectivity index is 0.965. The van der Waals surface area contributed by atoms with Crippen LogP contribution in [0.1, 0.15) is 0 Å². The third-order valence-electron chi connectivity index (χ3n) is 12.4. The SMILES string of the molecule is c1ccc(-c2ccccc2-c2cccc(N(c3ccc(-c4ccc5c(c4)oc4ccccc45)cc3)c3ccc(-c4ccccc4-n4c5ccccc5c5ccccc54)cc3)c2)cc1. The molecule has 3 nitrogen and oxygen atoms in total. The van der Waals surface area contributed by atoms with Crippen molar-refractivity contribution in [3.63, 3.8) is 0 Å². The Morgan fingerprint density at radius 2 is 0.794 bits per heavy atom. The summed E-state index contributed by atoms with van der Waals surface area (Å²) in [5, 5.41) is 4.78. The molecule has 0 saturated heterocycles. The molecule has 2 aromatic heterocycles. The van der Waals surface area contributed by atoms with Gasteiger partial charge >= 0.3 is 0 Å². The highest BCUT2D eigenvalue weighted by atomic mass is 16.3. The van der Waals surface area contributed by atoms with Gasteiger partial charge < -0.3 is 13.9 Å². The molecule has 0 aliphatic heterocycles. The van der Waals surface area contributed by atoms with Crippen LogP contribution in [-0.4, -0.2) is 4.57 Å². The largest absolute Gasteiger partial charge is 0.456 e. The molecular formula is C60H40N2O. The zero-order valence-electron chi connectivity index (χ0n) is 34.4. The normalized spacial score (nSPS) is 11.5. The van der Waals surface area contributed by atoms with Crippen LogP contribution in [0.2, 0.25) is 0 Å². The van der Waals surface area contributed by atoms with Gasteiger partial charge in [0.2, 0.25) is 0 Å². The van der Waals surface area contributed by atoms with Crippen molar-refractivity contribution < 1.29 is 4.42 Å². The second-order valence-electron chi connectivity index (χ2n) is 16.1. The lowest BCUT2D eigenvalue weighted by atomic mass is 9.94. The Morgan fingerprint density at radius 3 is 1.51 bits per heavy atom. The Bertz CT molecular complexity index is 3560. The molecule has 0 aliphatic rings. The molecule has 12 aromatic rings. The molecule has 0 spiro atoms. The van der Waals surface area contributed by atoms with Crippen molar-refractivity contribution in [2.45, 2.75) is 0 Å². The summed E-state index contributed by atoms with van der Waals surface area (Å²) in [5.74, 6) is 0. The van der Waals surface area contributed by atoms with Gasteiger partial charge in [-0.1, -0.05) is 170 Å². The molecule has 63 heavy (non-hydrogen) atoms. The predicted octanol–water partition coefficient (Wildman–Crippen LogP) is 16.8. The van der Waals surface area contributed by atoms with Crippen molar-refractivity contribution in [3.05, 3.63) is 243 Å². The van der Waals surface area contributed by atoms with Crippen LogP contribution in [0.5, 0.6) is 0 Å². The van der Waals surface area contributed by atoms with Crippen molar-refractivity contribution in [2.24, 2.45) is 0 Å². The quantitative estimate of drug-likeness (QED) is 0.153. The average molecular weight is 805 g/mol. The fraction of sp³-hybridized carbons (Fsp3) is 0. The maximum absolute atomic E-state index is 6.27. The van der Waals surface area contributed by atoms with Crippen molar-refractivity contribution in [2.75, 3.05) is 4.90 Å². The van der Waals surface area contributed by atoms with Crippen LogP contribution >= 0.6 is 0 Å². The molecule has 0 aliphatic carbocycles. The van der Waals surface area contributed by atoms with Gasteiger partial charge in [0.1, 0.15) is 11.2 Å². The summed E-state index contributed by atoms with van der Waals surface area (Å²) < 4.78 is 8.68. The van der Waals surface area contributed by atoms with Crippen LogP contribution in [0.25, 0.3) is 93.9 Å². The molecule has 12 rings (SSSR count). The topological polar surface area (TPSA) is 21.3 Å². The molecule has 0 unspecified atom stereocenters. The number of hydrogen-bond donors (Lipinski definition) is 0. The summed E-state index contributed by atoms with van der Waals surface area (Å²) in [6.45, 7) is 0. The Labute approximate surface area is 366 Å². The summed E-state index contributed by atoms with van der Waals surface area (Å²) in [6, 6.07) is 87.1. The van der Waals surface area contributed by atoms with Gasteiger partial charge in [0.05, 0.1) is 16.7 Å². The van der Waals surface area contributed by atoms with Crippen LogP contribution in [0.3, 0.4) is 0 Å². The maximum Gasteiger partial charge on any atom is 0.136 e. The van der Waals surface area contributed by atoms with E-state index in [0.29, 0.717) is 0 Å². The van der Waals surface area contributed by atoms with E-state index in [9.17, 15) is 0 Å². The smallest absolute Gasteiger partial charge is 0.136 e. The summed E-state index contributed by atoms with van der Waals surface area (Å²) in [4.78, 5) is 2.36. The molecule has 0 fully saturated rings. The minimum absolute atomic E-state index is 0.895. The first-order valence-corrected chi connectivity index (χ1v) is 21.5. The zero-order valence-corrected chi connectivity index (χ0v) is 34.4. The van der Waals surface area contributed by atoms with Crippen LogP contribution in [0.15, 0.2) is 247 Å². The second kappa shape index (κ2) is 15.3. The Hall–Kier alpha value is -8.40. The lowest BCUT2D eigenvalue weighted by Crippen LogP contribution is -2.10. The number of hydrogen-bond acceptors (Lipinski definition) is 2. The van der Waals surface area contributed by atoms with Gasteiger partial charge in [-0.05, 0) is 112 Å². The number of rotatable bonds is 8. The maximum atomic E-state index is 6.27. The molecule has 0 radical (unpaired) electrons. The van der Waals surface area contributed by atoms with Gasteiger partial charge in [-0.25, -0.2) is 0 Å². The average Bonchev–Trinajstić information content (AvgIpc) is 3.90. The highest BCUT2D eigenvalue weighted by molar-refractivity contribution is 6.10. The van der Waals surface area contributed by atoms with E-state index in [1.807, 2.05) is 12.1 Å². The minimum Gasteiger partial charge on any atom is -0.456 e. The van der Waals surface area contributed by atoms with Gasteiger partial charge in [-0.3, -0.25) is 0 Å². The van der Waals surface area contributed by atoms with Crippen molar-refractivity contribution in [1.29, 1.82) is 0 Å². The number of anilines is 3. The lowest BCUT2D eigenvalue weighted by Gasteiger charge is -2.27. The van der Waals surface area contributed by atoms with Crippen LogP contribution in [-0.2, 0) is 0 Å². The van der Waals surface area contributed by atoms with E-state index in [-0.39, 0.29) is 0 Å². The minimum atomic E-state index is 0.895. The highest BCUT2D eigenvalue weighted by Crippen LogP contribution is 2.42. The fourth-order valence-corrected chi connectivity index (χ4v) is 9.46. The molecule has 296 valence electrons. The number of nitrogens with zero attached hydrogens (tertiary/aromatic N) is 2. The van der Waals surface area contributed by atoms with Crippen molar-refractivity contribution in [1.82, 2.24) is 4.57 Å². The molecule has 10 aromatic carbocycles. The van der Waals surface area contributed by atoms with Crippen LogP contribution in [0.4, 0.5) is 17.1 Å². The first-order chi connectivity index (χ1) is 31.2. The van der Waals surface area contributed by atoms with E-state index in [1.165, 1.54) is 44.1 Å². The van der Waals surface area contributed by atoms with Gasteiger partial charge in [-0.15, -0.1) is 0 Å². The lowest BCUT2D eigenvalue weighted by molar-refractivity contribution is 0.669. The summed E-state index contributed by atoms with van der Waals surface area (Å²) >= 11 is 0. The van der Waals surface area contributed by atoms with E-state index < -0.39 is 0 Å². The fourth-order valence-electron chi connectivity index (χ4n) is 9.46. The van der Waals surface area contributed by atoms with Gasteiger partial charge in [0.25, 0.3) is 0 Å². The number of para-hydroxylation sites is 4. The standard InChI is InChI=1S/C60H40N2O/c1-2-15-42(16-3-1)49-19-4-5-20-50(49)45-17-14-18-48(39-45)61(46-34-29-41(30-35-46)44-33-38-55-54-24-9-13-28-59(54)63-60(55)40-44)47-36-31-43(32-37-47)51-21-6-10-25-56(51)62-57-26-11-7-22-52(57)53-23-8-12-27-58(53)62/h1-40H. The number of fused-ring (bicyclic) bond motifs is 6. The van der Waals surface area contributed by atoms with Gasteiger partial charge in [0, 0.05) is 44.2 Å². The number of aromatic nitrogens is 1. The van der Waals surface area contributed by atoms with E-state index in [2.05, 4.69) is 240 Å². The monoisotopic (exact) mass is 804 g/mol. The van der Waals surface area contributed by atoms with E-state index in [0.717, 1.165) is 66.9 Å². The molecule has 3 heteroatoms. The predicted molar refractivity (Wildman–Crippen MR) is 264 cm³/mol. The van der Waals surface area contributed by atoms with E-state index in [4.69, 9.17) is 4.42 Å². The van der Waals surface area contributed by atoms with Crippen molar-refractivity contribution >= 4 is 60.8 Å². The first-order valence-electron chi connectivity index (χ1n) is 21.5. The van der Waals surface area contributed by atoms with Gasteiger partial charge in [0.15, 0.2) is 0 Å². The van der Waals surface area contributed by atoms with Gasteiger partial charge in [-0.2, -0.15) is 0 Å². The summed E-state index contributed by atoms with van der Waals surface area (Å²) in [7, 11) is 0. The molecule has 0 amide bonds.